The number of ether oxygens (including phenoxy) is 1. The summed E-state index contributed by atoms with van der Waals surface area (Å²) >= 11 is 0. The van der Waals surface area contributed by atoms with E-state index in [0.29, 0.717) is 19.0 Å². The maximum absolute atomic E-state index is 10.3. The Morgan fingerprint density at radius 1 is 1.24 bits per heavy atom. The van der Waals surface area contributed by atoms with Crippen LogP contribution >= 0.6 is 0 Å². The second kappa shape index (κ2) is 14.1. The van der Waals surface area contributed by atoms with Crippen molar-refractivity contribution in [3.63, 3.8) is 0 Å². The molecule has 0 bridgehead atoms. The summed E-state index contributed by atoms with van der Waals surface area (Å²) in [5.41, 5.74) is 1.20. The number of aliphatic hydroxyl groups excluding tert-OH is 1. The Labute approximate surface area is 153 Å². The van der Waals surface area contributed by atoms with Crippen molar-refractivity contribution in [1.82, 2.24) is 0 Å². The summed E-state index contributed by atoms with van der Waals surface area (Å²) in [6.45, 7) is 3.12. The van der Waals surface area contributed by atoms with E-state index in [2.05, 4.69) is 13.0 Å². The zero-order valence-electron chi connectivity index (χ0n) is 15.9. The maximum atomic E-state index is 10.3. The average Bonchev–Trinajstić information content (AvgIpc) is 2.65. The van der Waals surface area contributed by atoms with Crippen LogP contribution in [0.5, 0.6) is 0 Å². The Bertz CT molecular complexity index is 387. The molecule has 1 aliphatic carbocycles. The quantitative estimate of drug-likeness (QED) is 0.266. The van der Waals surface area contributed by atoms with E-state index in [4.69, 9.17) is 10.1 Å². The summed E-state index contributed by atoms with van der Waals surface area (Å²) in [7, 11) is 0. The summed E-state index contributed by atoms with van der Waals surface area (Å²) in [6.07, 6.45) is 16.8. The predicted molar refractivity (Wildman–Crippen MR) is 103 cm³/mol. The molecule has 4 nitrogen and oxygen atoms in total. The van der Waals surface area contributed by atoms with E-state index in [0.717, 1.165) is 25.2 Å². The standard InChI is InChI=1S/C21H37NO3/c1-2-3-4-6-20(14-22)8-5-7-18-9-11-19(12-10-18)13-21(15-23)16-25-17-24/h8,14,17-19,21-23H,2-7,9-13,15-16H2,1H3/b20-8-,22-14?. The third-order valence-corrected chi connectivity index (χ3v) is 5.53. The van der Waals surface area contributed by atoms with E-state index in [9.17, 15) is 9.90 Å². The summed E-state index contributed by atoms with van der Waals surface area (Å²) in [4.78, 5) is 10.3. The highest BCUT2D eigenvalue weighted by Crippen LogP contribution is 2.35. The molecular formula is C21H37NO3. The Hall–Kier alpha value is -1.16. The van der Waals surface area contributed by atoms with E-state index in [-0.39, 0.29) is 12.5 Å². The van der Waals surface area contributed by atoms with Crippen LogP contribution in [-0.2, 0) is 9.53 Å². The fraction of sp³-hybridized carbons (Fsp3) is 0.810. The molecule has 0 aromatic carbocycles. The first-order valence-electron chi connectivity index (χ1n) is 10.1. The maximum Gasteiger partial charge on any atom is 0.293 e. The van der Waals surface area contributed by atoms with E-state index in [1.807, 2.05) is 0 Å². The minimum Gasteiger partial charge on any atom is -0.468 e. The van der Waals surface area contributed by atoms with Crippen LogP contribution < -0.4 is 0 Å². The first-order chi connectivity index (χ1) is 12.2. The van der Waals surface area contributed by atoms with Gasteiger partial charge < -0.3 is 15.3 Å². The molecule has 4 heteroatoms. The molecule has 0 aliphatic heterocycles. The zero-order chi connectivity index (χ0) is 18.3. The molecule has 2 N–H and O–H groups in total. The molecule has 0 aromatic heterocycles. The lowest BCUT2D eigenvalue weighted by atomic mass is 9.77. The van der Waals surface area contributed by atoms with Gasteiger partial charge in [0.1, 0.15) is 0 Å². The van der Waals surface area contributed by atoms with Gasteiger partial charge in [0.25, 0.3) is 6.47 Å². The molecule has 0 saturated heterocycles. The van der Waals surface area contributed by atoms with Crippen molar-refractivity contribution in [2.45, 2.75) is 77.6 Å². The zero-order valence-corrected chi connectivity index (χ0v) is 15.9. The van der Waals surface area contributed by atoms with Crippen molar-refractivity contribution in [3.05, 3.63) is 11.6 Å². The molecular weight excluding hydrogens is 314 g/mol. The lowest BCUT2D eigenvalue weighted by Crippen LogP contribution is -2.21. The molecule has 1 saturated carbocycles. The van der Waals surface area contributed by atoms with Crippen LogP contribution in [0.1, 0.15) is 77.6 Å². The Morgan fingerprint density at radius 3 is 2.56 bits per heavy atom. The van der Waals surface area contributed by atoms with Gasteiger partial charge in [0, 0.05) is 18.7 Å². The van der Waals surface area contributed by atoms with Gasteiger partial charge in [-0.2, -0.15) is 0 Å². The number of unbranched alkanes of at least 4 members (excludes halogenated alkanes) is 2. The van der Waals surface area contributed by atoms with Crippen LogP contribution in [0.4, 0.5) is 0 Å². The third-order valence-electron chi connectivity index (χ3n) is 5.53. The second-order valence-electron chi connectivity index (χ2n) is 7.56. The molecule has 25 heavy (non-hydrogen) atoms. The third kappa shape index (κ3) is 9.78. The normalized spacial score (nSPS) is 22.4. The monoisotopic (exact) mass is 351 g/mol. The Balaban J connectivity index is 2.23. The van der Waals surface area contributed by atoms with Crippen LogP contribution in [0.3, 0.4) is 0 Å². The summed E-state index contributed by atoms with van der Waals surface area (Å²) in [5.74, 6) is 1.55. The highest BCUT2D eigenvalue weighted by atomic mass is 16.5. The molecule has 0 amide bonds. The number of rotatable bonds is 14. The van der Waals surface area contributed by atoms with Gasteiger partial charge in [-0.05, 0) is 49.5 Å². The number of aliphatic hydroxyl groups is 1. The van der Waals surface area contributed by atoms with Gasteiger partial charge in [-0.15, -0.1) is 0 Å². The molecule has 1 fully saturated rings. The van der Waals surface area contributed by atoms with Crippen LogP contribution in [0, 0.1) is 23.2 Å². The van der Waals surface area contributed by atoms with Crippen molar-refractivity contribution in [2.24, 2.45) is 17.8 Å². The van der Waals surface area contributed by atoms with E-state index in [1.54, 1.807) is 0 Å². The topological polar surface area (TPSA) is 70.4 Å². The largest absolute Gasteiger partial charge is 0.468 e. The van der Waals surface area contributed by atoms with Gasteiger partial charge >= 0.3 is 0 Å². The summed E-state index contributed by atoms with van der Waals surface area (Å²) in [6, 6.07) is 0. The number of allylic oxidation sites excluding steroid dienone is 2. The molecule has 0 spiro atoms. The number of hydrogen-bond donors (Lipinski definition) is 2. The molecule has 0 aromatic rings. The minimum atomic E-state index is 0.0907. The number of nitrogens with one attached hydrogen (secondary N) is 1. The number of carbonyl (C=O) groups excluding carboxylic acids is 1. The first kappa shape index (κ1) is 21.9. The van der Waals surface area contributed by atoms with Crippen LogP contribution in [-0.4, -0.2) is 31.0 Å². The molecule has 0 radical (unpaired) electrons. The van der Waals surface area contributed by atoms with Gasteiger partial charge in [-0.1, -0.05) is 51.5 Å². The Kier molecular flexibility index (Phi) is 12.3. The lowest BCUT2D eigenvalue weighted by molar-refractivity contribution is -0.130. The van der Waals surface area contributed by atoms with Crippen molar-refractivity contribution < 1.29 is 14.6 Å². The molecule has 1 aliphatic rings. The van der Waals surface area contributed by atoms with Crippen LogP contribution in [0.2, 0.25) is 0 Å². The van der Waals surface area contributed by atoms with E-state index in [1.165, 1.54) is 63.2 Å². The van der Waals surface area contributed by atoms with Crippen molar-refractivity contribution >= 4 is 12.7 Å². The number of carbonyl (C=O) groups is 1. The summed E-state index contributed by atoms with van der Waals surface area (Å²) < 4.78 is 4.81. The van der Waals surface area contributed by atoms with Crippen LogP contribution in [0.25, 0.3) is 0 Å². The highest BCUT2D eigenvalue weighted by molar-refractivity contribution is 5.75. The van der Waals surface area contributed by atoms with Crippen LogP contribution in [0.15, 0.2) is 11.6 Å². The predicted octanol–water partition coefficient (Wildman–Crippen LogP) is 4.90. The molecule has 0 heterocycles. The first-order valence-corrected chi connectivity index (χ1v) is 10.1. The molecule has 1 unspecified atom stereocenters. The van der Waals surface area contributed by atoms with Gasteiger partial charge in [-0.25, -0.2) is 0 Å². The summed E-state index contributed by atoms with van der Waals surface area (Å²) in [5, 5.41) is 16.9. The van der Waals surface area contributed by atoms with E-state index < -0.39 is 0 Å². The fourth-order valence-electron chi connectivity index (χ4n) is 3.91. The highest BCUT2D eigenvalue weighted by Gasteiger charge is 2.23. The van der Waals surface area contributed by atoms with E-state index >= 15 is 0 Å². The van der Waals surface area contributed by atoms with Gasteiger partial charge in [0.15, 0.2) is 0 Å². The van der Waals surface area contributed by atoms with Crippen molar-refractivity contribution in [3.8, 4) is 0 Å². The van der Waals surface area contributed by atoms with Crippen molar-refractivity contribution in [2.75, 3.05) is 13.2 Å². The smallest absolute Gasteiger partial charge is 0.293 e. The second-order valence-corrected chi connectivity index (χ2v) is 7.56. The molecule has 1 atom stereocenters. The van der Waals surface area contributed by atoms with Gasteiger partial charge in [-0.3, -0.25) is 4.79 Å². The van der Waals surface area contributed by atoms with Gasteiger partial charge in [0.2, 0.25) is 0 Å². The number of hydrogen-bond acceptors (Lipinski definition) is 4. The average molecular weight is 352 g/mol. The molecule has 1 rings (SSSR count). The van der Waals surface area contributed by atoms with Gasteiger partial charge in [0.05, 0.1) is 6.61 Å². The van der Waals surface area contributed by atoms with Crippen molar-refractivity contribution in [1.29, 1.82) is 5.41 Å². The SMILES string of the molecule is CCCCC/C(C=N)=C/CCC1CCC(CC(CO)COC=O)CC1. The lowest BCUT2D eigenvalue weighted by Gasteiger charge is -2.30. The fourth-order valence-corrected chi connectivity index (χ4v) is 3.91. The minimum absolute atomic E-state index is 0.0907. The Morgan fingerprint density at radius 2 is 1.96 bits per heavy atom. The molecule has 144 valence electrons.